The lowest BCUT2D eigenvalue weighted by atomic mass is 10.1. The van der Waals surface area contributed by atoms with Crippen LogP contribution in [0.3, 0.4) is 0 Å². The summed E-state index contributed by atoms with van der Waals surface area (Å²) in [4.78, 5) is 23.3. The molecule has 0 fully saturated rings. The predicted molar refractivity (Wildman–Crippen MR) is 85.0 cm³/mol. The molecule has 108 valence electrons. The smallest absolute Gasteiger partial charge is 0.336 e. The number of carboxylic acid groups (broad SMARTS) is 1. The summed E-state index contributed by atoms with van der Waals surface area (Å²) in [5.41, 5.74) is 2.83. The summed E-state index contributed by atoms with van der Waals surface area (Å²) >= 11 is 3.38. The van der Waals surface area contributed by atoms with Crippen LogP contribution in [0.2, 0.25) is 0 Å². The summed E-state index contributed by atoms with van der Waals surface area (Å²) < 4.78 is 0.852. The average molecular weight is 348 g/mol. The fraction of sp³-hybridized carbons (Fsp3) is 0.125. The van der Waals surface area contributed by atoms with Gasteiger partial charge in [-0.2, -0.15) is 0 Å². The Labute approximate surface area is 130 Å². The zero-order chi connectivity index (χ0) is 15.6. The van der Waals surface area contributed by atoms with Crippen molar-refractivity contribution in [1.82, 2.24) is 0 Å². The second kappa shape index (κ2) is 6.10. The molecule has 0 atom stereocenters. The molecule has 0 heterocycles. The van der Waals surface area contributed by atoms with Gasteiger partial charge in [-0.1, -0.05) is 28.1 Å². The van der Waals surface area contributed by atoms with Crippen LogP contribution in [-0.2, 0) is 0 Å². The minimum Gasteiger partial charge on any atom is -0.478 e. The number of carbonyl (C=O) groups is 2. The van der Waals surface area contributed by atoms with Gasteiger partial charge in [0.15, 0.2) is 0 Å². The summed E-state index contributed by atoms with van der Waals surface area (Å²) in [6.45, 7) is 3.65. The first kappa shape index (κ1) is 15.3. The van der Waals surface area contributed by atoms with Crippen molar-refractivity contribution in [3.05, 3.63) is 63.1 Å². The van der Waals surface area contributed by atoms with Gasteiger partial charge in [0.1, 0.15) is 0 Å². The Morgan fingerprint density at radius 2 is 1.71 bits per heavy atom. The van der Waals surface area contributed by atoms with E-state index in [0.29, 0.717) is 16.8 Å². The largest absolute Gasteiger partial charge is 0.478 e. The van der Waals surface area contributed by atoms with Crippen LogP contribution in [0.4, 0.5) is 5.69 Å². The van der Waals surface area contributed by atoms with Crippen molar-refractivity contribution in [3.8, 4) is 0 Å². The van der Waals surface area contributed by atoms with Crippen LogP contribution in [0.15, 0.2) is 40.9 Å². The molecule has 0 aromatic heterocycles. The van der Waals surface area contributed by atoms with E-state index in [4.69, 9.17) is 5.11 Å². The van der Waals surface area contributed by atoms with Crippen LogP contribution in [0.5, 0.6) is 0 Å². The van der Waals surface area contributed by atoms with Crippen LogP contribution < -0.4 is 5.32 Å². The van der Waals surface area contributed by atoms with Gasteiger partial charge in [0.25, 0.3) is 5.91 Å². The zero-order valence-electron chi connectivity index (χ0n) is 11.6. The summed E-state index contributed by atoms with van der Waals surface area (Å²) in [5, 5.41) is 11.8. The quantitative estimate of drug-likeness (QED) is 0.881. The maximum absolute atomic E-state index is 12.2. The third kappa shape index (κ3) is 3.49. The maximum atomic E-state index is 12.2. The highest BCUT2D eigenvalue weighted by atomic mass is 79.9. The highest BCUT2D eigenvalue weighted by Gasteiger charge is 2.11. The molecule has 2 aromatic rings. The molecule has 0 aliphatic carbocycles. The molecular formula is C16H14BrNO3. The van der Waals surface area contributed by atoms with E-state index in [-0.39, 0.29) is 11.5 Å². The van der Waals surface area contributed by atoms with Gasteiger partial charge in [-0.05, 0) is 49.2 Å². The van der Waals surface area contributed by atoms with Crippen molar-refractivity contribution in [2.24, 2.45) is 0 Å². The molecule has 0 radical (unpaired) electrons. The minimum atomic E-state index is -1.01. The number of amides is 1. The highest BCUT2D eigenvalue weighted by Crippen LogP contribution is 2.20. The highest BCUT2D eigenvalue weighted by molar-refractivity contribution is 9.10. The van der Waals surface area contributed by atoms with E-state index in [0.717, 1.165) is 10.0 Å². The van der Waals surface area contributed by atoms with Gasteiger partial charge in [0.05, 0.1) is 5.56 Å². The van der Waals surface area contributed by atoms with E-state index in [1.54, 1.807) is 31.2 Å². The van der Waals surface area contributed by atoms with Gasteiger partial charge in [0, 0.05) is 15.7 Å². The molecule has 5 heteroatoms. The fourth-order valence-corrected chi connectivity index (χ4v) is 2.25. The third-order valence-electron chi connectivity index (χ3n) is 3.16. The Hall–Kier alpha value is -2.14. The third-order valence-corrected chi connectivity index (χ3v) is 4.01. The van der Waals surface area contributed by atoms with E-state index in [1.807, 2.05) is 13.0 Å². The normalized spacial score (nSPS) is 10.2. The fourth-order valence-electron chi connectivity index (χ4n) is 1.87. The molecular weight excluding hydrogens is 334 g/mol. The molecule has 4 nitrogen and oxygen atoms in total. The van der Waals surface area contributed by atoms with Crippen molar-refractivity contribution < 1.29 is 14.7 Å². The van der Waals surface area contributed by atoms with Gasteiger partial charge < -0.3 is 10.4 Å². The number of rotatable bonds is 3. The Bertz CT molecular complexity index is 725. The standard InChI is InChI=1S/C16H14BrNO3/c1-9-4-6-12(8-13(9)16(20)21)18-15(19)11-5-3-10(2)14(17)7-11/h3-8H,1-2H3,(H,18,19)(H,20,21). The summed E-state index contributed by atoms with van der Waals surface area (Å²) in [7, 11) is 0. The summed E-state index contributed by atoms with van der Waals surface area (Å²) in [6.07, 6.45) is 0. The van der Waals surface area contributed by atoms with Crippen LogP contribution in [0.25, 0.3) is 0 Å². The van der Waals surface area contributed by atoms with Crippen molar-refractivity contribution in [2.45, 2.75) is 13.8 Å². The molecule has 0 unspecified atom stereocenters. The molecule has 0 saturated heterocycles. The second-order valence-electron chi connectivity index (χ2n) is 4.75. The van der Waals surface area contributed by atoms with Gasteiger partial charge in [-0.15, -0.1) is 0 Å². The molecule has 0 spiro atoms. The van der Waals surface area contributed by atoms with Crippen molar-refractivity contribution in [3.63, 3.8) is 0 Å². The van der Waals surface area contributed by atoms with E-state index in [2.05, 4.69) is 21.2 Å². The Morgan fingerprint density at radius 3 is 2.33 bits per heavy atom. The molecule has 0 aliphatic heterocycles. The Morgan fingerprint density at radius 1 is 1.05 bits per heavy atom. The van der Waals surface area contributed by atoms with Gasteiger partial charge in [0.2, 0.25) is 0 Å². The number of halogens is 1. The average Bonchev–Trinajstić information content (AvgIpc) is 2.43. The summed E-state index contributed by atoms with van der Waals surface area (Å²) in [6, 6.07) is 10.1. The number of aryl methyl sites for hydroxylation is 2. The van der Waals surface area contributed by atoms with Crippen LogP contribution in [-0.4, -0.2) is 17.0 Å². The lowest BCUT2D eigenvalue weighted by molar-refractivity contribution is 0.0695. The number of hydrogen-bond donors (Lipinski definition) is 2. The summed E-state index contributed by atoms with van der Waals surface area (Å²) in [5.74, 6) is -1.29. The SMILES string of the molecule is Cc1ccc(C(=O)Nc2ccc(C)c(C(=O)O)c2)cc1Br. The first-order valence-electron chi connectivity index (χ1n) is 6.30. The number of hydrogen-bond acceptors (Lipinski definition) is 2. The number of nitrogens with one attached hydrogen (secondary N) is 1. The second-order valence-corrected chi connectivity index (χ2v) is 5.61. The Balaban J connectivity index is 2.25. The first-order chi connectivity index (χ1) is 9.88. The zero-order valence-corrected chi connectivity index (χ0v) is 13.2. The number of benzene rings is 2. The van der Waals surface area contributed by atoms with Gasteiger partial charge in [-0.3, -0.25) is 4.79 Å². The van der Waals surface area contributed by atoms with Crippen LogP contribution in [0.1, 0.15) is 31.8 Å². The number of aromatic carboxylic acids is 1. The van der Waals surface area contributed by atoms with Gasteiger partial charge in [-0.25, -0.2) is 4.79 Å². The number of carbonyl (C=O) groups excluding carboxylic acids is 1. The lowest BCUT2D eigenvalue weighted by Gasteiger charge is -2.09. The molecule has 2 rings (SSSR count). The number of carboxylic acids is 1. The molecule has 0 saturated carbocycles. The van der Waals surface area contributed by atoms with Crippen LogP contribution in [0, 0.1) is 13.8 Å². The monoisotopic (exact) mass is 347 g/mol. The van der Waals surface area contributed by atoms with Crippen molar-refractivity contribution in [1.29, 1.82) is 0 Å². The maximum Gasteiger partial charge on any atom is 0.336 e. The molecule has 0 aliphatic rings. The van der Waals surface area contributed by atoms with E-state index >= 15 is 0 Å². The number of anilines is 1. The lowest BCUT2D eigenvalue weighted by Crippen LogP contribution is -2.13. The topological polar surface area (TPSA) is 66.4 Å². The molecule has 2 aromatic carbocycles. The molecule has 21 heavy (non-hydrogen) atoms. The van der Waals surface area contributed by atoms with Gasteiger partial charge >= 0.3 is 5.97 Å². The van der Waals surface area contributed by atoms with Crippen molar-refractivity contribution >= 4 is 33.5 Å². The molecule has 1 amide bonds. The minimum absolute atomic E-state index is 0.179. The molecule has 2 N–H and O–H groups in total. The van der Waals surface area contributed by atoms with E-state index in [9.17, 15) is 9.59 Å². The predicted octanol–water partition coefficient (Wildman–Crippen LogP) is 4.02. The molecule has 0 bridgehead atoms. The van der Waals surface area contributed by atoms with E-state index in [1.165, 1.54) is 6.07 Å². The Kier molecular flexibility index (Phi) is 4.43. The van der Waals surface area contributed by atoms with Crippen LogP contribution >= 0.6 is 15.9 Å². The van der Waals surface area contributed by atoms with Crippen molar-refractivity contribution in [2.75, 3.05) is 5.32 Å². The van der Waals surface area contributed by atoms with E-state index < -0.39 is 5.97 Å². The first-order valence-corrected chi connectivity index (χ1v) is 7.09.